The Bertz CT molecular complexity index is 239. The summed E-state index contributed by atoms with van der Waals surface area (Å²) in [5.41, 5.74) is -0.607. The fourth-order valence-corrected chi connectivity index (χ4v) is 1.48. The van der Waals surface area contributed by atoms with Crippen molar-refractivity contribution in [1.29, 1.82) is 0 Å². The highest BCUT2D eigenvalue weighted by molar-refractivity contribution is 6.66. The Morgan fingerprint density at radius 3 is 2.06 bits per heavy atom. The Kier molecular flexibility index (Phi) is 6.86. The molecule has 0 N–H and O–H groups in total. The van der Waals surface area contributed by atoms with Crippen molar-refractivity contribution in [1.82, 2.24) is 9.80 Å². The Morgan fingerprint density at radius 2 is 1.71 bits per heavy atom. The van der Waals surface area contributed by atoms with Gasteiger partial charge in [-0.05, 0) is 26.6 Å². The van der Waals surface area contributed by atoms with Gasteiger partial charge in [0.15, 0.2) is 0 Å². The normalized spacial score (nSPS) is 12.8. The van der Waals surface area contributed by atoms with Gasteiger partial charge < -0.3 is 22.7 Å². The van der Waals surface area contributed by atoms with E-state index >= 15 is 0 Å². The van der Waals surface area contributed by atoms with Crippen LogP contribution < -0.4 is 0 Å². The monoisotopic (exact) mass is 251 g/mol. The van der Waals surface area contributed by atoms with E-state index in [0.717, 1.165) is 6.54 Å². The van der Waals surface area contributed by atoms with Crippen LogP contribution in [0.5, 0.6) is 0 Å². The van der Waals surface area contributed by atoms with Gasteiger partial charge in [0, 0.05) is 19.6 Å². The van der Waals surface area contributed by atoms with E-state index in [9.17, 15) is 12.9 Å². The van der Waals surface area contributed by atoms with Crippen molar-refractivity contribution in [3.05, 3.63) is 12.1 Å². The first-order chi connectivity index (χ1) is 7.62. The number of nitrogens with zero attached hydrogens (tertiary/aromatic N) is 2. The van der Waals surface area contributed by atoms with E-state index in [1.807, 2.05) is 37.7 Å². The van der Waals surface area contributed by atoms with Crippen molar-refractivity contribution in [3.8, 4) is 0 Å². The highest BCUT2D eigenvalue weighted by Crippen LogP contribution is 2.19. The van der Waals surface area contributed by atoms with Crippen LogP contribution in [0.15, 0.2) is 12.1 Å². The van der Waals surface area contributed by atoms with Gasteiger partial charge in [0.25, 0.3) is 0 Å². The second-order valence-corrected chi connectivity index (χ2v) is 5.17. The minimum atomic E-state index is -4.91. The third-order valence-corrected chi connectivity index (χ3v) is 2.38. The number of likely N-dealkylation sites (N-methyl/N-ethyl adjacent to an activating group) is 1. The molecule has 0 aromatic rings. The Labute approximate surface area is 103 Å². The van der Waals surface area contributed by atoms with Crippen molar-refractivity contribution in [2.24, 2.45) is 5.92 Å². The van der Waals surface area contributed by atoms with Gasteiger partial charge in [-0.25, -0.2) is 0 Å². The Morgan fingerprint density at radius 1 is 1.18 bits per heavy atom. The van der Waals surface area contributed by atoms with Gasteiger partial charge in [-0.1, -0.05) is 13.8 Å². The van der Waals surface area contributed by atoms with Crippen LogP contribution in [0.25, 0.3) is 0 Å². The van der Waals surface area contributed by atoms with Crippen LogP contribution in [0.3, 0.4) is 0 Å². The van der Waals surface area contributed by atoms with E-state index in [1.165, 1.54) is 0 Å². The molecule has 0 bridgehead atoms. The molecule has 0 aliphatic rings. The Balaban J connectivity index is 4.33. The SMILES string of the molecule is C=C(CN(CCN(C)C)CC(C)C)[B-](F)(F)F. The molecule has 2 nitrogen and oxygen atoms in total. The fraction of sp³-hybridized carbons (Fsp3) is 0.818. The third-order valence-electron chi connectivity index (χ3n) is 2.38. The second kappa shape index (κ2) is 7.06. The molecule has 0 fully saturated rings. The summed E-state index contributed by atoms with van der Waals surface area (Å²) in [5, 5.41) is 0. The smallest absolute Gasteiger partial charge is 0.445 e. The van der Waals surface area contributed by atoms with Gasteiger partial charge in [-0.15, -0.1) is 12.1 Å². The predicted octanol–water partition coefficient (Wildman–Crippen LogP) is 2.45. The lowest BCUT2D eigenvalue weighted by atomic mass is 9.80. The van der Waals surface area contributed by atoms with E-state index in [2.05, 4.69) is 6.58 Å². The zero-order valence-electron chi connectivity index (χ0n) is 11.2. The zero-order valence-corrected chi connectivity index (χ0v) is 11.2. The summed E-state index contributed by atoms with van der Waals surface area (Å²) < 4.78 is 37.4. The summed E-state index contributed by atoms with van der Waals surface area (Å²) in [7, 11) is 3.83. The molecule has 6 heteroatoms. The van der Waals surface area contributed by atoms with Crippen LogP contribution in [0.4, 0.5) is 12.9 Å². The topological polar surface area (TPSA) is 6.48 Å². The van der Waals surface area contributed by atoms with Crippen LogP contribution in [0.2, 0.25) is 0 Å². The maximum Gasteiger partial charge on any atom is 0.506 e. The van der Waals surface area contributed by atoms with Crippen LogP contribution in [0, 0.1) is 5.92 Å². The van der Waals surface area contributed by atoms with Crippen molar-refractivity contribution >= 4 is 6.98 Å². The van der Waals surface area contributed by atoms with E-state index in [0.29, 0.717) is 19.0 Å². The van der Waals surface area contributed by atoms with E-state index < -0.39 is 12.4 Å². The molecule has 0 unspecified atom stereocenters. The van der Waals surface area contributed by atoms with Crippen molar-refractivity contribution < 1.29 is 12.9 Å². The Hall–Kier alpha value is -0.485. The second-order valence-electron chi connectivity index (χ2n) is 5.17. The quantitative estimate of drug-likeness (QED) is 0.611. The fourth-order valence-electron chi connectivity index (χ4n) is 1.48. The largest absolute Gasteiger partial charge is 0.506 e. The van der Waals surface area contributed by atoms with E-state index in [4.69, 9.17) is 0 Å². The van der Waals surface area contributed by atoms with Crippen molar-refractivity contribution in [3.63, 3.8) is 0 Å². The van der Waals surface area contributed by atoms with Crippen LogP contribution >= 0.6 is 0 Å². The van der Waals surface area contributed by atoms with E-state index in [-0.39, 0.29) is 6.54 Å². The lowest BCUT2D eigenvalue weighted by Crippen LogP contribution is -2.38. The summed E-state index contributed by atoms with van der Waals surface area (Å²) in [6.45, 7) is 4.23. The number of hydrogen-bond acceptors (Lipinski definition) is 2. The summed E-state index contributed by atoms with van der Waals surface area (Å²) >= 11 is 0. The van der Waals surface area contributed by atoms with Crippen LogP contribution in [-0.2, 0) is 0 Å². The molecule has 17 heavy (non-hydrogen) atoms. The standard InChI is InChI=1S/C11H23BF3N2/c1-10(2)8-17(7-6-16(4)5)9-11(3)12(13,14)15/h10H,3,6-9H2,1-2,4-5H3/q-1. The van der Waals surface area contributed by atoms with Crippen molar-refractivity contribution in [2.75, 3.05) is 40.3 Å². The van der Waals surface area contributed by atoms with Crippen LogP contribution in [0.1, 0.15) is 13.8 Å². The van der Waals surface area contributed by atoms with Gasteiger partial charge in [-0.2, -0.15) is 0 Å². The minimum Gasteiger partial charge on any atom is -0.445 e. The summed E-state index contributed by atoms with van der Waals surface area (Å²) in [6.07, 6.45) is 0. The lowest BCUT2D eigenvalue weighted by Gasteiger charge is -2.29. The maximum atomic E-state index is 12.5. The molecule has 0 radical (unpaired) electrons. The van der Waals surface area contributed by atoms with Gasteiger partial charge in [0.2, 0.25) is 0 Å². The lowest BCUT2D eigenvalue weighted by molar-refractivity contribution is 0.233. The molecule has 0 rings (SSSR count). The van der Waals surface area contributed by atoms with Crippen LogP contribution in [-0.4, -0.2) is 57.1 Å². The molecule has 0 saturated heterocycles. The van der Waals surface area contributed by atoms with Gasteiger partial charge in [-0.3, -0.25) is 0 Å². The van der Waals surface area contributed by atoms with Gasteiger partial charge in [0.05, 0.1) is 0 Å². The molecule has 0 aliphatic carbocycles. The van der Waals surface area contributed by atoms with Gasteiger partial charge >= 0.3 is 6.98 Å². The van der Waals surface area contributed by atoms with Gasteiger partial charge in [0.1, 0.15) is 0 Å². The molecular formula is C11H23BF3N2-. The third kappa shape index (κ3) is 8.27. The first-order valence-electron chi connectivity index (χ1n) is 5.87. The summed E-state index contributed by atoms with van der Waals surface area (Å²) in [4.78, 5) is 3.79. The van der Waals surface area contributed by atoms with Crippen molar-refractivity contribution in [2.45, 2.75) is 13.8 Å². The average molecular weight is 251 g/mol. The molecule has 102 valence electrons. The molecule has 0 aromatic carbocycles. The molecule has 0 heterocycles. The summed E-state index contributed by atoms with van der Waals surface area (Å²) in [5.74, 6) is 0.352. The predicted molar refractivity (Wildman–Crippen MR) is 68.1 cm³/mol. The average Bonchev–Trinajstić information content (AvgIpc) is 2.11. The maximum absolute atomic E-state index is 12.5. The summed E-state index contributed by atoms with van der Waals surface area (Å²) in [6, 6.07) is 0. The number of hydrogen-bond donors (Lipinski definition) is 0. The van der Waals surface area contributed by atoms with E-state index in [1.54, 1.807) is 0 Å². The zero-order chi connectivity index (χ0) is 13.6. The molecule has 0 spiro atoms. The first-order valence-corrected chi connectivity index (χ1v) is 5.87. The highest BCUT2D eigenvalue weighted by Gasteiger charge is 2.27. The number of halogens is 3. The molecule has 0 amide bonds. The molecule has 0 aromatic heterocycles. The molecule has 0 atom stereocenters. The highest BCUT2D eigenvalue weighted by atomic mass is 19.4. The molecular weight excluding hydrogens is 228 g/mol. The number of rotatable bonds is 8. The first kappa shape index (κ1) is 16.5. The minimum absolute atomic E-state index is 0.0739. The molecule has 0 saturated carbocycles. The molecule has 0 aliphatic heterocycles.